The first kappa shape index (κ1) is 15.4. The van der Waals surface area contributed by atoms with Crippen molar-refractivity contribution >= 4 is 11.0 Å². The van der Waals surface area contributed by atoms with E-state index in [0.717, 1.165) is 23.1 Å². The van der Waals surface area contributed by atoms with Crippen molar-refractivity contribution in [2.45, 2.75) is 20.0 Å². The van der Waals surface area contributed by atoms with Crippen LogP contribution in [0.1, 0.15) is 18.1 Å². The van der Waals surface area contributed by atoms with Crippen molar-refractivity contribution in [3.8, 4) is 11.5 Å². The second-order valence-electron chi connectivity index (χ2n) is 5.18. The molecule has 0 aliphatic carbocycles. The molecule has 1 heterocycles. The van der Waals surface area contributed by atoms with Gasteiger partial charge < -0.3 is 13.9 Å². The van der Waals surface area contributed by atoms with E-state index in [4.69, 9.17) is 13.9 Å². The number of para-hydroxylation sites is 2. The fourth-order valence-electron chi connectivity index (χ4n) is 2.55. The van der Waals surface area contributed by atoms with Crippen molar-refractivity contribution in [1.82, 2.24) is 0 Å². The first-order chi connectivity index (χ1) is 11.3. The molecule has 0 saturated heterocycles. The second kappa shape index (κ2) is 7.18. The second-order valence-corrected chi connectivity index (χ2v) is 5.18. The molecule has 0 aliphatic heterocycles. The minimum absolute atomic E-state index is 0.0233. The van der Waals surface area contributed by atoms with Crippen LogP contribution in [0.2, 0.25) is 0 Å². The van der Waals surface area contributed by atoms with E-state index in [1.165, 1.54) is 5.56 Å². The molecule has 3 nitrogen and oxygen atoms in total. The summed E-state index contributed by atoms with van der Waals surface area (Å²) in [6.07, 6.45) is 2.59. The zero-order valence-electron chi connectivity index (χ0n) is 13.0. The predicted octanol–water partition coefficient (Wildman–Crippen LogP) is 4.92. The van der Waals surface area contributed by atoms with Crippen LogP contribution < -0.4 is 9.47 Å². The van der Waals surface area contributed by atoms with Crippen LogP contribution in [-0.4, -0.2) is 13.3 Å². The van der Waals surface area contributed by atoms with Gasteiger partial charge in [0.15, 0.2) is 11.3 Å². The lowest BCUT2D eigenvalue weighted by Crippen LogP contribution is -1.99. The Hall–Kier alpha value is -2.49. The first-order valence-electron chi connectivity index (χ1n) is 7.72. The summed E-state index contributed by atoms with van der Waals surface area (Å²) < 4.78 is 29.2. The van der Waals surface area contributed by atoms with Crippen LogP contribution in [0.4, 0.5) is 4.39 Å². The Morgan fingerprint density at radius 1 is 0.957 bits per heavy atom. The summed E-state index contributed by atoms with van der Waals surface area (Å²) in [6.45, 7) is 2.01. The summed E-state index contributed by atoms with van der Waals surface area (Å²) in [5.41, 5.74) is 2.74. The van der Waals surface area contributed by atoms with Crippen molar-refractivity contribution in [3.63, 3.8) is 0 Å². The number of ether oxygens (including phenoxy) is 2. The van der Waals surface area contributed by atoms with Crippen LogP contribution in [0.15, 0.2) is 53.1 Å². The molecule has 4 heteroatoms. The van der Waals surface area contributed by atoms with Crippen LogP contribution >= 0.6 is 0 Å². The Morgan fingerprint density at radius 2 is 1.78 bits per heavy atom. The molecule has 0 unspecified atom stereocenters. The molecule has 0 spiro atoms. The Kier molecular flexibility index (Phi) is 4.81. The zero-order chi connectivity index (χ0) is 16.1. The number of hydrogen-bond acceptors (Lipinski definition) is 3. The molecule has 1 aromatic heterocycles. The average Bonchev–Trinajstić information content (AvgIpc) is 3.02. The van der Waals surface area contributed by atoms with Gasteiger partial charge in [0.05, 0.1) is 6.26 Å². The number of alkyl halides is 1. The van der Waals surface area contributed by atoms with Gasteiger partial charge in [0.25, 0.3) is 0 Å². The third-order valence-corrected chi connectivity index (χ3v) is 3.72. The lowest BCUT2D eigenvalue weighted by molar-refractivity contribution is 0.273. The molecule has 0 aliphatic rings. The monoisotopic (exact) mass is 314 g/mol. The van der Waals surface area contributed by atoms with Crippen LogP contribution in [0.25, 0.3) is 11.0 Å². The van der Waals surface area contributed by atoms with Gasteiger partial charge in [-0.25, -0.2) is 4.39 Å². The standard InChI is InChI=1S/C19H19FO3/c1-2-14-6-3-4-8-17(14)22-12-15-13-23-19-16(15)7-5-9-18(19)21-11-10-20/h3-9,13H,2,10-12H2,1H3. The lowest BCUT2D eigenvalue weighted by atomic mass is 10.1. The van der Waals surface area contributed by atoms with Gasteiger partial charge in [0.2, 0.25) is 0 Å². The number of rotatable bonds is 7. The fraction of sp³-hybridized carbons (Fsp3) is 0.263. The number of halogens is 1. The summed E-state index contributed by atoms with van der Waals surface area (Å²) >= 11 is 0. The highest BCUT2D eigenvalue weighted by Crippen LogP contribution is 2.31. The lowest BCUT2D eigenvalue weighted by Gasteiger charge is -2.09. The highest BCUT2D eigenvalue weighted by Gasteiger charge is 2.12. The zero-order valence-corrected chi connectivity index (χ0v) is 13.0. The third kappa shape index (κ3) is 3.31. The topological polar surface area (TPSA) is 31.6 Å². The highest BCUT2D eigenvalue weighted by atomic mass is 19.1. The van der Waals surface area contributed by atoms with Crippen LogP contribution in [0.3, 0.4) is 0 Å². The molecular formula is C19H19FO3. The van der Waals surface area contributed by atoms with E-state index in [0.29, 0.717) is 17.9 Å². The number of benzene rings is 2. The molecule has 23 heavy (non-hydrogen) atoms. The van der Waals surface area contributed by atoms with Gasteiger partial charge in [-0.15, -0.1) is 0 Å². The Labute approximate surface area is 134 Å². The summed E-state index contributed by atoms with van der Waals surface area (Å²) in [4.78, 5) is 0. The number of aryl methyl sites for hydroxylation is 1. The average molecular weight is 314 g/mol. The highest BCUT2D eigenvalue weighted by molar-refractivity contribution is 5.86. The van der Waals surface area contributed by atoms with Gasteiger partial charge in [0.1, 0.15) is 25.6 Å². The quantitative estimate of drug-likeness (QED) is 0.620. The van der Waals surface area contributed by atoms with E-state index in [2.05, 4.69) is 13.0 Å². The molecule has 0 amide bonds. The van der Waals surface area contributed by atoms with Gasteiger partial charge in [-0.2, -0.15) is 0 Å². The summed E-state index contributed by atoms with van der Waals surface area (Å²) in [5, 5.41) is 0.926. The molecule has 0 radical (unpaired) electrons. The molecule has 0 bridgehead atoms. The molecule has 0 fully saturated rings. The van der Waals surface area contributed by atoms with Crippen LogP contribution in [0.5, 0.6) is 11.5 Å². The molecule has 120 valence electrons. The maximum absolute atomic E-state index is 12.3. The molecule has 3 aromatic rings. The maximum atomic E-state index is 12.3. The maximum Gasteiger partial charge on any atom is 0.176 e. The van der Waals surface area contributed by atoms with Crippen LogP contribution in [0, 0.1) is 0 Å². The third-order valence-electron chi connectivity index (χ3n) is 3.72. The Morgan fingerprint density at radius 3 is 2.61 bits per heavy atom. The summed E-state index contributed by atoms with van der Waals surface area (Å²) in [5.74, 6) is 1.44. The largest absolute Gasteiger partial charge is 0.488 e. The van der Waals surface area contributed by atoms with E-state index in [1.54, 1.807) is 12.3 Å². The summed E-state index contributed by atoms with van der Waals surface area (Å²) in [6, 6.07) is 13.6. The number of furan rings is 1. The van der Waals surface area contributed by atoms with Crippen LogP contribution in [-0.2, 0) is 13.0 Å². The smallest absolute Gasteiger partial charge is 0.176 e. The van der Waals surface area contributed by atoms with Gasteiger partial charge >= 0.3 is 0 Å². The molecular weight excluding hydrogens is 295 g/mol. The van der Waals surface area contributed by atoms with E-state index in [9.17, 15) is 4.39 Å². The minimum Gasteiger partial charge on any atom is -0.488 e. The number of fused-ring (bicyclic) bond motifs is 1. The molecule has 2 aromatic carbocycles. The van der Waals surface area contributed by atoms with E-state index in [-0.39, 0.29) is 6.61 Å². The predicted molar refractivity (Wildman–Crippen MR) is 87.8 cm³/mol. The number of hydrogen-bond donors (Lipinski definition) is 0. The Bertz CT molecular complexity index is 779. The van der Waals surface area contributed by atoms with Gasteiger partial charge in [-0.1, -0.05) is 37.3 Å². The van der Waals surface area contributed by atoms with Crippen molar-refractivity contribution in [2.24, 2.45) is 0 Å². The molecule has 0 saturated carbocycles. The van der Waals surface area contributed by atoms with Crippen molar-refractivity contribution in [1.29, 1.82) is 0 Å². The van der Waals surface area contributed by atoms with Crippen molar-refractivity contribution in [2.75, 3.05) is 13.3 Å². The molecule has 0 N–H and O–H groups in total. The van der Waals surface area contributed by atoms with E-state index >= 15 is 0 Å². The first-order valence-corrected chi connectivity index (χ1v) is 7.72. The molecule has 0 atom stereocenters. The van der Waals surface area contributed by atoms with Gasteiger partial charge in [0, 0.05) is 10.9 Å². The van der Waals surface area contributed by atoms with E-state index in [1.807, 2.05) is 30.3 Å². The normalized spacial score (nSPS) is 10.9. The van der Waals surface area contributed by atoms with E-state index < -0.39 is 6.67 Å². The minimum atomic E-state index is -0.527. The van der Waals surface area contributed by atoms with Gasteiger partial charge in [-0.3, -0.25) is 0 Å². The summed E-state index contributed by atoms with van der Waals surface area (Å²) in [7, 11) is 0. The van der Waals surface area contributed by atoms with Crippen molar-refractivity contribution in [3.05, 3.63) is 59.9 Å². The molecule has 3 rings (SSSR count). The Balaban J connectivity index is 1.81. The van der Waals surface area contributed by atoms with Gasteiger partial charge in [-0.05, 0) is 24.1 Å². The SMILES string of the molecule is CCc1ccccc1OCc1coc2c(OCCF)cccc12. The van der Waals surface area contributed by atoms with Crippen molar-refractivity contribution < 1.29 is 18.3 Å². The fourth-order valence-corrected chi connectivity index (χ4v) is 2.55.